The molecular weight excluding hydrogens is 246 g/mol. The SMILES string of the molecule is c1ccc2c(c1)CCCC2c1ncc2c(n1)CCNC2. The number of fused-ring (bicyclic) bond motifs is 2. The van der Waals surface area contributed by atoms with Gasteiger partial charge in [-0.2, -0.15) is 0 Å². The highest BCUT2D eigenvalue weighted by Crippen LogP contribution is 2.35. The number of aromatic nitrogens is 2. The zero-order chi connectivity index (χ0) is 13.4. The van der Waals surface area contributed by atoms with Gasteiger partial charge in [-0.25, -0.2) is 9.97 Å². The van der Waals surface area contributed by atoms with Gasteiger partial charge in [-0.1, -0.05) is 24.3 Å². The summed E-state index contributed by atoms with van der Waals surface area (Å²) in [6.45, 7) is 1.95. The molecule has 0 spiro atoms. The van der Waals surface area contributed by atoms with E-state index in [1.54, 1.807) is 0 Å². The molecule has 2 aliphatic rings. The van der Waals surface area contributed by atoms with Crippen LogP contribution in [0.1, 0.15) is 47.0 Å². The summed E-state index contributed by atoms with van der Waals surface area (Å²) in [6, 6.07) is 8.79. The van der Waals surface area contributed by atoms with Crippen LogP contribution in [-0.2, 0) is 19.4 Å². The molecule has 20 heavy (non-hydrogen) atoms. The number of nitrogens with zero attached hydrogens (tertiary/aromatic N) is 2. The van der Waals surface area contributed by atoms with Crippen molar-refractivity contribution >= 4 is 0 Å². The molecule has 1 atom stereocenters. The molecule has 0 radical (unpaired) electrons. The molecule has 2 aromatic rings. The molecule has 2 heterocycles. The van der Waals surface area contributed by atoms with Gasteiger partial charge in [0.1, 0.15) is 5.82 Å². The van der Waals surface area contributed by atoms with Crippen LogP contribution in [0.2, 0.25) is 0 Å². The molecule has 3 heteroatoms. The van der Waals surface area contributed by atoms with Crippen molar-refractivity contribution in [3.63, 3.8) is 0 Å². The molecule has 0 saturated carbocycles. The normalized spacial score (nSPS) is 21.1. The first-order valence-electron chi connectivity index (χ1n) is 7.55. The molecule has 4 rings (SSSR count). The molecule has 0 bridgehead atoms. The van der Waals surface area contributed by atoms with Crippen LogP contribution in [0.5, 0.6) is 0 Å². The fourth-order valence-corrected chi connectivity index (χ4v) is 3.44. The number of hydrogen-bond acceptors (Lipinski definition) is 3. The Bertz CT molecular complexity index is 636. The highest BCUT2D eigenvalue weighted by molar-refractivity contribution is 5.37. The number of nitrogens with one attached hydrogen (secondary N) is 1. The number of hydrogen-bond donors (Lipinski definition) is 1. The predicted molar refractivity (Wildman–Crippen MR) is 78.7 cm³/mol. The van der Waals surface area contributed by atoms with Gasteiger partial charge in [0, 0.05) is 42.9 Å². The lowest BCUT2D eigenvalue weighted by molar-refractivity contribution is 0.572. The molecule has 1 aromatic carbocycles. The molecule has 1 unspecified atom stereocenters. The van der Waals surface area contributed by atoms with E-state index in [1.807, 2.05) is 6.20 Å². The Morgan fingerprint density at radius 2 is 2.05 bits per heavy atom. The quantitative estimate of drug-likeness (QED) is 0.861. The predicted octanol–water partition coefficient (Wildman–Crippen LogP) is 2.59. The zero-order valence-corrected chi connectivity index (χ0v) is 11.6. The Morgan fingerprint density at radius 3 is 3.05 bits per heavy atom. The monoisotopic (exact) mass is 265 g/mol. The molecule has 1 aliphatic heterocycles. The topological polar surface area (TPSA) is 37.8 Å². The highest BCUT2D eigenvalue weighted by atomic mass is 14.9. The van der Waals surface area contributed by atoms with Gasteiger partial charge < -0.3 is 5.32 Å². The van der Waals surface area contributed by atoms with E-state index in [1.165, 1.54) is 41.6 Å². The lowest BCUT2D eigenvalue weighted by Gasteiger charge is -2.25. The summed E-state index contributed by atoms with van der Waals surface area (Å²) in [5.41, 5.74) is 5.43. The van der Waals surface area contributed by atoms with Crippen LogP contribution in [0, 0.1) is 0 Å². The van der Waals surface area contributed by atoms with Crippen molar-refractivity contribution in [1.82, 2.24) is 15.3 Å². The third kappa shape index (κ3) is 2.02. The Kier molecular flexibility index (Phi) is 3.00. The average molecular weight is 265 g/mol. The fourth-order valence-electron chi connectivity index (χ4n) is 3.44. The molecular formula is C17H19N3. The molecule has 102 valence electrons. The van der Waals surface area contributed by atoms with Crippen LogP contribution in [0.15, 0.2) is 30.5 Å². The van der Waals surface area contributed by atoms with Crippen LogP contribution in [0.4, 0.5) is 0 Å². The van der Waals surface area contributed by atoms with Crippen molar-refractivity contribution in [2.75, 3.05) is 6.54 Å². The van der Waals surface area contributed by atoms with E-state index < -0.39 is 0 Å². The van der Waals surface area contributed by atoms with E-state index in [9.17, 15) is 0 Å². The summed E-state index contributed by atoms with van der Waals surface area (Å²) < 4.78 is 0. The van der Waals surface area contributed by atoms with Gasteiger partial charge in [0.15, 0.2) is 0 Å². The van der Waals surface area contributed by atoms with Gasteiger partial charge in [0.05, 0.1) is 0 Å². The minimum atomic E-state index is 0.389. The molecule has 0 saturated heterocycles. The Morgan fingerprint density at radius 1 is 1.10 bits per heavy atom. The minimum Gasteiger partial charge on any atom is -0.312 e. The first-order valence-corrected chi connectivity index (χ1v) is 7.55. The van der Waals surface area contributed by atoms with Crippen molar-refractivity contribution in [2.24, 2.45) is 0 Å². The van der Waals surface area contributed by atoms with Crippen LogP contribution >= 0.6 is 0 Å². The van der Waals surface area contributed by atoms with E-state index in [4.69, 9.17) is 4.98 Å². The maximum atomic E-state index is 4.88. The first-order chi connectivity index (χ1) is 9.92. The van der Waals surface area contributed by atoms with E-state index in [-0.39, 0.29) is 0 Å². The van der Waals surface area contributed by atoms with Crippen molar-refractivity contribution in [2.45, 2.75) is 38.1 Å². The highest BCUT2D eigenvalue weighted by Gasteiger charge is 2.24. The molecule has 1 aromatic heterocycles. The summed E-state index contributed by atoms with van der Waals surface area (Å²) in [6.07, 6.45) is 6.67. The summed E-state index contributed by atoms with van der Waals surface area (Å²) in [5.74, 6) is 1.41. The van der Waals surface area contributed by atoms with Gasteiger partial charge in [-0.15, -0.1) is 0 Å². The van der Waals surface area contributed by atoms with Crippen molar-refractivity contribution in [1.29, 1.82) is 0 Å². The van der Waals surface area contributed by atoms with Crippen molar-refractivity contribution < 1.29 is 0 Å². The standard InChI is InChI=1S/C17H19N3/c1-2-6-14-12(4-1)5-3-7-15(14)17-19-11-13-10-18-9-8-16(13)20-17/h1-2,4,6,11,15,18H,3,5,7-10H2. The summed E-state index contributed by atoms with van der Waals surface area (Å²) in [4.78, 5) is 9.55. The van der Waals surface area contributed by atoms with E-state index in [0.717, 1.165) is 25.3 Å². The molecule has 1 aliphatic carbocycles. The van der Waals surface area contributed by atoms with Crippen LogP contribution in [0.3, 0.4) is 0 Å². The smallest absolute Gasteiger partial charge is 0.136 e. The third-order valence-electron chi connectivity index (χ3n) is 4.51. The molecule has 0 fully saturated rings. The van der Waals surface area contributed by atoms with Gasteiger partial charge >= 0.3 is 0 Å². The third-order valence-corrected chi connectivity index (χ3v) is 4.51. The Hall–Kier alpha value is -1.74. The van der Waals surface area contributed by atoms with Crippen molar-refractivity contribution in [3.8, 4) is 0 Å². The lowest BCUT2D eigenvalue weighted by Crippen LogP contribution is -2.26. The van der Waals surface area contributed by atoms with E-state index in [2.05, 4.69) is 34.6 Å². The summed E-state index contributed by atoms with van der Waals surface area (Å²) in [5, 5.41) is 3.38. The van der Waals surface area contributed by atoms with Gasteiger partial charge in [-0.05, 0) is 30.4 Å². The number of benzene rings is 1. The van der Waals surface area contributed by atoms with Gasteiger partial charge in [-0.3, -0.25) is 0 Å². The second-order valence-electron chi connectivity index (χ2n) is 5.77. The summed E-state index contributed by atoms with van der Waals surface area (Å²) >= 11 is 0. The van der Waals surface area contributed by atoms with Gasteiger partial charge in [0.2, 0.25) is 0 Å². The van der Waals surface area contributed by atoms with Crippen LogP contribution < -0.4 is 5.32 Å². The number of aryl methyl sites for hydroxylation is 1. The molecule has 1 N–H and O–H groups in total. The van der Waals surface area contributed by atoms with E-state index in [0.29, 0.717) is 5.92 Å². The molecule has 0 amide bonds. The average Bonchev–Trinajstić information content (AvgIpc) is 2.54. The second kappa shape index (κ2) is 4.98. The lowest BCUT2D eigenvalue weighted by atomic mass is 9.82. The molecule has 3 nitrogen and oxygen atoms in total. The van der Waals surface area contributed by atoms with Crippen LogP contribution in [-0.4, -0.2) is 16.5 Å². The second-order valence-corrected chi connectivity index (χ2v) is 5.77. The largest absolute Gasteiger partial charge is 0.312 e. The van der Waals surface area contributed by atoms with Gasteiger partial charge in [0.25, 0.3) is 0 Å². The first kappa shape index (κ1) is 12.0. The van der Waals surface area contributed by atoms with Crippen molar-refractivity contribution in [3.05, 3.63) is 58.7 Å². The van der Waals surface area contributed by atoms with E-state index >= 15 is 0 Å². The maximum Gasteiger partial charge on any atom is 0.136 e. The maximum absolute atomic E-state index is 4.88. The summed E-state index contributed by atoms with van der Waals surface area (Å²) in [7, 11) is 0. The fraction of sp³-hybridized carbons (Fsp3) is 0.412. The minimum absolute atomic E-state index is 0.389. The Balaban J connectivity index is 1.75. The zero-order valence-electron chi connectivity index (χ0n) is 11.6. The number of rotatable bonds is 1. The Labute approximate surface area is 119 Å². The van der Waals surface area contributed by atoms with Crippen LogP contribution in [0.25, 0.3) is 0 Å².